The molecule has 0 fully saturated rings. The molecule has 5 nitrogen and oxygen atoms in total. The molecular weight excluding hydrogens is 431 g/mol. The molecule has 2 rings (SSSR count). The molecule has 0 heterocycles. The summed E-state index contributed by atoms with van der Waals surface area (Å²) in [5, 5.41) is 0.756. The smallest absolute Gasteiger partial charge is 0.279 e. The van der Waals surface area contributed by atoms with Gasteiger partial charge in [0.2, 0.25) is 0 Å². The summed E-state index contributed by atoms with van der Waals surface area (Å²) in [4.78, 5) is 24.1. The highest BCUT2D eigenvalue weighted by molar-refractivity contribution is 9.10. The van der Waals surface area contributed by atoms with Crippen molar-refractivity contribution in [1.29, 1.82) is 0 Å². The zero-order valence-electron chi connectivity index (χ0n) is 13.4. The zero-order chi connectivity index (χ0) is 18.6. The van der Waals surface area contributed by atoms with E-state index >= 15 is 0 Å². The predicted molar refractivity (Wildman–Crippen MR) is 101 cm³/mol. The summed E-state index contributed by atoms with van der Waals surface area (Å²) in [6, 6.07) is 9.82. The first-order valence-electron chi connectivity index (χ1n) is 7.26. The minimum atomic E-state index is -0.872. The molecule has 2 aromatic rings. The van der Waals surface area contributed by atoms with Crippen LogP contribution in [0.2, 0.25) is 10.0 Å². The lowest BCUT2D eigenvalue weighted by Crippen LogP contribution is -2.47. The largest absolute Gasteiger partial charge is 0.479 e. The number of carbonyl (C=O) groups is 2. The van der Waals surface area contributed by atoms with Crippen molar-refractivity contribution in [2.45, 2.75) is 20.0 Å². The maximum atomic E-state index is 12.1. The van der Waals surface area contributed by atoms with Gasteiger partial charge in [-0.3, -0.25) is 20.4 Å². The third kappa shape index (κ3) is 5.36. The number of hydrogen-bond donors (Lipinski definition) is 2. The van der Waals surface area contributed by atoms with E-state index in [0.717, 1.165) is 10.0 Å². The summed E-state index contributed by atoms with van der Waals surface area (Å²) in [6.07, 6.45) is -0.872. The maximum absolute atomic E-state index is 12.1. The molecule has 0 aromatic heterocycles. The van der Waals surface area contributed by atoms with E-state index in [0.29, 0.717) is 21.4 Å². The zero-order valence-corrected chi connectivity index (χ0v) is 16.5. The standard InChI is InChI=1S/C17H15BrCl2N2O3/c1-9-3-4-11(7-13(9)18)17(24)22-21-16(23)10(2)25-15-6-5-12(19)8-14(15)20/h3-8,10H,1-2H3,(H,21,23)(H,22,24). The van der Waals surface area contributed by atoms with Crippen molar-refractivity contribution in [3.63, 3.8) is 0 Å². The second-order valence-corrected chi connectivity index (χ2v) is 6.94. The number of ether oxygens (including phenoxy) is 1. The Morgan fingerprint density at radius 2 is 1.84 bits per heavy atom. The number of halogens is 3. The van der Waals surface area contributed by atoms with Gasteiger partial charge in [0.25, 0.3) is 11.8 Å². The van der Waals surface area contributed by atoms with Crippen LogP contribution in [0.5, 0.6) is 5.75 Å². The Morgan fingerprint density at radius 1 is 1.12 bits per heavy atom. The van der Waals surface area contributed by atoms with E-state index in [1.165, 1.54) is 13.0 Å². The molecule has 2 aromatic carbocycles. The van der Waals surface area contributed by atoms with Crippen LogP contribution in [0, 0.1) is 6.92 Å². The van der Waals surface area contributed by atoms with Gasteiger partial charge in [-0.25, -0.2) is 0 Å². The molecule has 0 aliphatic rings. The van der Waals surface area contributed by atoms with E-state index in [9.17, 15) is 9.59 Å². The van der Waals surface area contributed by atoms with Gasteiger partial charge in [0.05, 0.1) is 5.02 Å². The maximum Gasteiger partial charge on any atom is 0.279 e. The quantitative estimate of drug-likeness (QED) is 0.689. The van der Waals surface area contributed by atoms with E-state index in [1.807, 2.05) is 6.92 Å². The molecule has 2 N–H and O–H groups in total. The fourth-order valence-electron chi connectivity index (χ4n) is 1.84. The molecule has 0 bridgehead atoms. The molecule has 0 spiro atoms. The number of hydrogen-bond acceptors (Lipinski definition) is 3. The van der Waals surface area contributed by atoms with Gasteiger partial charge in [0, 0.05) is 15.1 Å². The number of carbonyl (C=O) groups excluding carboxylic acids is 2. The lowest BCUT2D eigenvalue weighted by Gasteiger charge is -2.16. The highest BCUT2D eigenvalue weighted by Crippen LogP contribution is 2.28. The van der Waals surface area contributed by atoms with Gasteiger partial charge in [-0.2, -0.15) is 0 Å². The first-order chi connectivity index (χ1) is 11.8. The van der Waals surface area contributed by atoms with Crippen molar-refractivity contribution >= 4 is 50.9 Å². The van der Waals surface area contributed by atoms with Crippen molar-refractivity contribution in [1.82, 2.24) is 10.9 Å². The van der Waals surface area contributed by atoms with E-state index in [4.69, 9.17) is 27.9 Å². The van der Waals surface area contributed by atoms with Crippen LogP contribution in [0.25, 0.3) is 0 Å². The summed E-state index contributed by atoms with van der Waals surface area (Å²) in [5.41, 5.74) is 6.07. The van der Waals surface area contributed by atoms with Crippen LogP contribution in [-0.4, -0.2) is 17.9 Å². The normalized spacial score (nSPS) is 11.6. The Morgan fingerprint density at radius 3 is 2.48 bits per heavy atom. The average molecular weight is 446 g/mol. The Balaban J connectivity index is 1.92. The number of aryl methyl sites for hydroxylation is 1. The second kappa shape index (κ2) is 8.56. The SMILES string of the molecule is Cc1ccc(C(=O)NNC(=O)C(C)Oc2ccc(Cl)cc2Cl)cc1Br. The van der Waals surface area contributed by atoms with Crippen LogP contribution < -0.4 is 15.6 Å². The van der Waals surface area contributed by atoms with E-state index in [2.05, 4.69) is 26.8 Å². The van der Waals surface area contributed by atoms with E-state index < -0.39 is 17.9 Å². The first kappa shape index (κ1) is 19.6. The van der Waals surface area contributed by atoms with E-state index in [-0.39, 0.29) is 0 Å². The van der Waals surface area contributed by atoms with Gasteiger partial charge in [-0.15, -0.1) is 0 Å². The molecule has 0 saturated heterocycles. The summed E-state index contributed by atoms with van der Waals surface area (Å²) < 4.78 is 6.28. The number of hydrazine groups is 1. The molecule has 25 heavy (non-hydrogen) atoms. The van der Waals surface area contributed by atoms with Crippen LogP contribution in [0.3, 0.4) is 0 Å². The molecule has 0 radical (unpaired) electrons. The number of nitrogens with one attached hydrogen (secondary N) is 2. The third-order valence-corrected chi connectivity index (χ3v) is 4.68. The van der Waals surface area contributed by atoms with Crippen molar-refractivity contribution in [2.24, 2.45) is 0 Å². The Kier molecular flexibility index (Phi) is 6.70. The molecule has 1 unspecified atom stereocenters. The molecule has 0 aliphatic carbocycles. The van der Waals surface area contributed by atoms with Crippen LogP contribution in [-0.2, 0) is 4.79 Å². The van der Waals surface area contributed by atoms with Gasteiger partial charge in [0.1, 0.15) is 5.75 Å². The Hall–Kier alpha value is -1.76. The van der Waals surface area contributed by atoms with Gasteiger partial charge >= 0.3 is 0 Å². The highest BCUT2D eigenvalue weighted by atomic mass is 79.9. The van der Waals surface area contributed by atoms with E-state index in [1.54, 1.807) is 30.3 Å². The van der Waals surface area contributed by atoms with Crippen LogP contribution in [0.4, 0.5) is 0 Å². The van der Waals surface area contributed by atoms with Gasteiger partial charge < -0.3 is 4.74 Å². The molecular formula is C17H15BrCl2N2O3. The monoisotopic (exact) mass is 444 g/mol. The van der Waals surface area contributed by atoms with Crippen LogP contribution >= 0.6 is 39.1 Å². The average Bonchev–Trinajstić information content (AvgIpc) is 2.57. The van der Waals surface area contributed by atoms with Crippen molar-refractivity contribution < 1.29 is 14.3 Å². The summed E-state index contributed by atoms with van der Waals surface area (Å²) in [5.74, 6) is -0.640. The van der Waals surface area contributed by atoms with Crippen LogP contribution in [0.1, 0.15) is 22.8 Å². The third-order valence-electron chi connectivity index (χ3n) is 3.30. The minimum absolute atomic E-state index is 0.292. The molecule has 2 amide bonds. The molecule has 1 atom stereocenters. The van der Waals surface area contributed by atoms with Crippen molar-refractivity contribution in [3.05, 3.63) is 62.0 Å². The molecule has 8 heteroatoms. The highest BCUT2D eigenvalue weighted by Gasteiger charge is 2.17. The topological polar surface area (TPSA) is 67.4 Å². The first-order valence-corrected chi connectivity index (χ1v) is 8.81. The van der Waals surface area contributed by atoms with Gasteiger partial charge in [-0.05, 0) is 49.7 Å². The molecule has 0 saturated carbocycles. The van der Waals surface area contributed by atoms with Crippen LogP contribution in [0.15, 0.2) is 40.9 Å². The molecule has 132 valence electrons. The van der Waals surface area contributed by atoms with Crippen molar-refractivity contribution in [2.75, 3.05) is 0 Å². The predicted octanol–water partition coefficient (Wildman–Crippen LogP) is 4.29. The van der Waals surface area contributed by atoms with Gasteiger partial charge in [-0.1, -0.05) is 45.2 Å². The minimum Gasteiger partial charge on any atom is -0.479 e. The Labute approximate surface area is 163 Å². The second-order valence-electron chi connectivity index (χ2n) is 5.24. The summed E-state index contributed by atoms with van der Waals surface area (Å²) in [7, 11) is 0. The lowest BCUT2D eigenvalue weighted by molar-refractivity contribution is -0.128. The summed E-state index contributed by atoms with van der Waals surface area (Å²) >= 11 is 15.2. The van der Waals surface area contributed by atoms with Gasteiger partial charge in [0.15, 0.2) is 6.10 Å². The summed E-state index contributed by atoms with van der Waals surface area (Å²) in [6.45, 7) is 3.45. The number of benzene rings is 2. The number of amides is 2. The Bertz CT molecular complexity index is 814. The number of rotatable bonds is 4. The lowest BCUT2D eigenvalue weighted by atomic mass is 10.1. The fraction of sp³-hybridized carbons (Fsp3) is 0.176. The van der Waals surface area contributed by atoms with Crippen molar-refractivity contribution in [3.8, 4) is 5.75 Å². The molecule has 0 aliphatic heterocycles. The fourth-order valence-corrected chi connectivity index (χ4v) is 2.67.